The Bertz CT molecular complexity index is 434. The molecule has 0 fully saturated rings. The van der Waals surface area contributed by atoms with E-state index < -0.39 is 5.97 Å². The van der Waals surface area contributed by atoms with Crippen LogP contribution in [-0.4, -0.2) is 38.4 Å². The normalized spacial score (nSPS) is 11.9. The number of ether oxygens (including phenoxy) is 2. The molecule has 0 bridgehead atoms. The minimum absolute atomic E-state index is 0.319. The van der Waals surface area contributed by atoms with Crippen molar-refractivity contribution in [1.82, 2.24) is 5.32 Å². The molecule has 1 aromatic carbocycles. The van der Waals surface area contributed by atoms with Crippen LogP contribution in [0.1, 0.15) is 18.9 Å². The van der Waals surface area contributed by atoms with E-state index in [9.17, 15) is 4.79 Å². The van der Waals surface area contributed by atoms with E-state index in [0.717, 1.165) is 18.5 Å². The van der Waals surface area contributed by atoms with Gasteiger partial charge in [0.05, 0.1) is 20.1 Å². The van der Waals surface area contributed by atoms with Gasteiger partial charge in [-0.3, -0.25) is 4.79 Å². The fourth-order valence-corrected chi connectivity index (χ4v) is 1.95. The summed E-state index contributed by atoms with van der Waals surface area (Å²) in [6.45, 7) is 3.12. The number of hydrogen-bond acceptors (Lipinski definition) is 4. The molecule has 0 amide bonds. The summed E-state index contributed by atoms with van der Waals surface area (Å²) in [5.74, 6) is 0.356. The third kappa shape index (κ3) is 4.74. The van der Waals surface area contributed by atoms with Gasteiger partial charge in [-0.2, -0.15) is 0 Å². The minimum atomic E-state index is -0.744. The molecule has 0 heterocycles. The first-order chi connectivity index (χ1) is 9.62. The van der Waals surface area contributed by atoms with Crippen molar-refractivity contribution in [2.45, 2.75) is 19.8 Å². The number of aliphatic carboxylic acids is 1. The second kappa shape index (κ2) is 8.43. The molecule has 1 rings (SSSR count). The molecule has 0 radical (unpaired) electrons. The first-order valence-corrected chi connectivity index (χ1v) is 6.76. The first-order valence-electron chi connectivity index (χ1n) is 6.76. The highest BCUT2D eigenvalue weighted by atomic mass is 16.5. The van der Waals surface area contributed by atoms with Crippen LogP contribution in [-0.2, 0) is 11.2 Å². The molecule has 0 aliphatic carbocycles. The third-order valence-corrected chi connectivity index (χ3v) is 3.27. The van der Waals surface area contributed by atoms with Crippen molar-refractivity contribution in [2.24, 2.45) is 5.92 Å². The lowest BCUT2D eigenvalue weighted by atomic mass is 10.1. The quantitative estimate of drug-likeness (QED) is 0.677. The topological polar surface area (TPSA) is 67.8 Å². The number of nitrogens with one attached hydrogen (secondary N) is 1. The van der Waals surface area contributed by atoms with E-state index in [4.69, 9.17) is 14.6 Å². The summed E-state index contributed by atoms with van der Waals surface area (Å²) in [5.41, 5.74) is 1.12. The second-order valence-electron chi connectivity index (χ2n) is 4.59. The number of carbonyl (C=O) groups is 1. The molecule has 0 saturated heterocycles. The Kier molecular flexibility index (Phi) is 6.87. The van der Waals surface area contributed by atoms with Crippen molar-refractivity contribution in [3.8, 4) is 11.5 Å². The summed E-state index contributed by atoms with van der Waals surface area (Å²) in [7, 11) is 3.22. The molecule has 5 heteroatoms. The van der Waals surface area contributed by atoms with Crippen molar-refractivity contribution >= 4 is 5.97 Å². The van der Waals surface area contributed by atoms with Gasteiger partial charge < -0.3 is 19.9 Å². The first kappa shape index (κ1) is 16.3. The van der Waals surface area contributed by atoms with Gasteiger partial charge in [-0.1, -0.05) is 13.0 Å². The van der Waals surface area contributed by atoms with Gasteiger partial charge in [-0.25, -0.2) is 0 Å². The van der Waals surface area contributed by atoms with Crippen molar-refractivity contribution in [2.75, 3.05) is 27.3 Å². The molecule has 20 heavy (non-hydrogen) atoms. The zero-order valence-electron chi connectivity index (χ0n) is 12.3. The summed E-state index contributed by atoms with van der Waals surface area (Å²) < 4.78 is 10.4. The molecule has 1 aromatic rings. The van der Waals surface area contributed by atoms with Crippen molar-refractivity contribution < 1.29 is 19.4 Å². The summed E-state index contributed by atoms with van der Waals surface area (Å²) in [5, 5.41) is 12.1. The highest BCUT2D eigenvalue weighted by Gasteiger charge is 2.13. The van der Waals surface area contributed by atoms with Gasteiger partial charge in [0.2, 0.25) is 0 Å². The monoisotopic (exact) mass is 281 g/mol. The fraction of sp³-hybridized carbons (Fsp3) is 0.533. The molecule has 0 saturated carbocycles. The maximum absolute atomic E-state index is 10.9. The lowest BCUT2D eigenvalue weighted by Gasteiger charge is -2.12. The minimum Gasteiger partial charge on any atom is -0.493 e. The van der Waals surface area contributed by atoms with E-state index >= 15 is 0 Å². The van der Waals surface area contributed by atoms with Gasteiger partial charge in [0, 0.05) is 6.54 Å². The largest absolute Gasteiger partial charge is 0.493 e. The number of methoxy groups -OCH3 is 2. The molecule has 1 atom stereocenters. The number of hydrogen-bond donors (Lipinski definition) is 2. The Balaban J connectivity index is 2.44. The van der Waals surface area contributed by atoms with Crippen LogP contribution in [0.5, 0.6) is 11.5 Å². The van der Waals surface area contributed by atoms with Crippen LogP contribution in [0.4, 0.5) is 0 Å². The number of carboxylic acids is 1. The van der Waals surface area contributed by atoms with Gasteiger partial charge in [-0.05, 0) is 37.1 Å². The molecule has 0 spiro atoms. The van der Waals surface area contributed by atoms with Crippen LogP contribution in [0.3, 0.4) is 0 Å². The Hall–Kier alpha value is -1.75. The van der Waals surface area contributed by atoms with Crippen molar-refractivity contribution in [1.29, 1.82) is 0 Å². The molecule has 2 N–H and O–H groups in total. The van der Waals surface area contributed by atoms with Crippen molar-refractivity contribution in [3.05, 3.63) is 23.8 Å². The predicted molar refractivity (Wildman–Crippen MR) is 77.5 cm³/mol. The Labute approximate surface area is 119 Å². The standard InChI is InChI=1S/C15H23NO4/c1-4-12(15(17)18)10-16-8-7-11-5-6-13(19-2)14(9-11)20-3/h5-6,9,12,16H,4,7-8,10H2,1-3H3,(H,17,18). The summed E-state index contributed by atoms with van der Waals surface area (Å²) in [4.78, 5) is 10.9. The molecular weight excluding hydrogens is 258 g/mol. The molecular formula is C15H23NO4. The van der Waals surface area contributed by atoms with E-state index in [1.54, 1.807) is 14.2 Å². The van der Waals surface area contributed by atoms with Crippen molar-refractivity contribution in [3.63, 3.8) is 0 Å². The number of benzene rings is 1. The highest BCUT2D eigenvalue weighted by molar-refractivity contribution is 5.70. The van der Waals surface area contributed by atoms with Crippen LogP contribution in [0.2, 0.25) is 0 Å². The molecule has 0 aliphatic heterocycles. The fourth-order valence-electron chi connectivity index (χ4n) is 1.95. The van der Waals surface area contributed by atoms with Crippen LogP contribution in [0.25, 0.3) is 0 Å². The average Bonchev–Trinajstić information content (AvgIpc) is 2.46. The lowest BCUT2D eigenvalue weighted by molar-refractivity contribution is -0.141. The predicted octanol–water partition coefficient (Wildman–Crippen LogP) is 1.95. The van der Waals surface area contributed by atoms with Crippen LogP contribution in [0, 0.1) is 5.92 Å². The van der Waals surface area contributed by atoms with Gasteiger partial charge >= 0.3 is 5.97 Å². The van der Waals surface area contributed by atoms with Gasteiger partial charge in [0.15, 0.2) is 11.5 Å². The van der Waals surface area contributed by atoms with E-state index in [-0.39, 0.29) is 5.92 Å². The maximum Gasteiger partial charge on any atom is 0.307 e. The van der Waals surface area contributed by atoms with E-state index in [2.05, 4.69) is 5.32 Å². The van der Waals surface area contributed by atoms with E-state index in [1.165, 1.54) is 0 Å². The van der Waals surface area contributed by atoms with Crippen LogP contribution < -0.4 is 14.8 Å². The summed E-state index contributed by atoms with van der Waals surface area (Å²) in [6, 6.07) is 5.80. The zero-order chi connectivity index (χ0) is 15.0. The Morgan fingerprint density at radius 2 is 2.00 bits per heavy atom. The molecule has 112 valence electrons. The maximum atomic E-state index is 10.9. The number of carboxylic acid groups (broad SMARTS) is 1. The third-order valence-electron chi connectivity index (χ3n) is 3.27. The molecule has 5 nitrogen and oxygen atoms in total. The zero-order valence-corrected chi connectivity index (χ0v) is 12.3. The van der Waals surface area contributed by atoms with Gasteiger partial charge in [-0.15, -0.1) is 0 Å². The lowest BCUT2D eigenvalue weighted by Crippen LogP contribution is -2.29. The molecule has 0 aliphatic rings. The molecule has 0 aromatic heterocycles. The van der Waals surface area contributed by atoms with Gasteiger partial charge in [0.25, 0.3) is 0 Å². The van der Waals surface area contributed by atoms with Crippen LogP contribution >= 0.6 is 0 Å². The van der Waals surface area contributed by atoms with E-state index in [1.807, 2.05) is 25.1 Å². The summed E-state index contributed by atoms with van der Waals surface area (Å²) >= 11 is 0. The van der Waals surface area contributed by atoms with Gasteiger partial charge in [0.1, 0.15) is 0 Å². The average molecular weight is 281 g/mol. The van der Waals surface area contributed by atoms with Crippen LogP contribution in [0.15, 0.2) is 18.2 Å². The Morgan fingerprint density at radius 1 is 1.30 bits per heavy atom. The van der Waals surface area contributed by atoms with E-state index in [0.29, 0.717) is 24.5 Å². The highest BCUT2D eigenvalue weighted by Crippen LogP contribution is 2.27. The summed E-state index contributed by atoms with van der Waals surface area (Å²) in [6.07, 6.45) is 1.45. The smallest absolute Gasteiger partial charge is 0.307 e. The second-order valence-corrected chi connectivity index (χ2v) is 4.59. The molecule has 1 unspecified atom stereocenters. The number of rotatable bonds is 9. The SMILES string of the molecule is CCC(CNCCc1ccc(OC)c(OC)c1)C(=O)O. The Morgan fingerprint density at radius 3 is 2.55 bits per heavy atom.